The Balaban J connectivity index is 1.26. The molecule has 0 unspecified atom stereocenters. The third kappa shape index (κ3) is 4.90. The summed E-state index contributed by atoms with van der Waals surface area (Å²) in [5, 5.41) is 16.4. The van der Waals surface area contributed by atoms with Crippen molar-refractivity contribution in [1.82, 2.24) is 20.2 Å². The van der Waals surface area contributed by atoms with Crippen LogP contribution in [0.2, 0.25) is 0 Å². The third-order valence-electron chi connectivity index (χ3n) is 5.44. The zero-order valence-corrected chi connectivity index (χ0v) is 16.6. The maximum atomic E-state index is 12.4. The molecular weight excluding hydrogens is 370 g/mol. The van der Waals surface area contributed by atoms with E-state index in [1.165, 1.54) is 23.0 Å². The highest BCUT2D eigenvalue weighted by Crippen LogP contribution is 2.22. The predicted octanol–water partition coefficient (Wildman–Crippen LogP) is 0.745. The lowest BCUT2D eigenvalue weighted by atomic mass is 9.95. The molecule has 1 aromatic heterocycles. The van der Waals surface area contributed by atoms with Gasteiger partial charge in [-0.25, -0.2) is 9.97 Å². The lowest BCUT2D eigenvalue weighted by Gasteiger charge is -2.31. The number of β-amino-alcohol motifs (C(OH)–C–C–N with tert-alkyl or cyclic N) is 1. The molecule has 0 spiro atoms. The number of fused-ring (bicyclic) bond motifs is 1. The molecule has 2 aliphatic rings. The van der Waals surface area contributed by atoms with Crippen LogP contribution in [0.3, 0.4) is 0 Å². The number of nitrogens with zero attached hydrogens (tertiary/aromatic N) is 3. The molecule has 4 rings (SSSR count). The standard InChI is InChI=1S/C21H27N5O3/c1-14-3-2-4-15-9-26(6-5-18(14)15)10-17(27)8-22-21(28)19-7-20(24-13-23-19)25-16-11-29-12-16/h2-4,7,13,16-17,27H,5-6,8-12H2,1H3,(H,22,28)(H,23,24,25)/t17-/m0/s1. The van der Waals surface area contributed by atoms with Gasteiger partial charge in [0.2, 0.25) is 0 Å². The summed E-state index contributed by atoms with van der Waals surface area (Å²) < 4.78 is 5.12. The summed E-state index contributed by atoms with van der Waals surface area (Å²) >= 11 is 0. The number of benzene rings is 1. The van der Waals surface area contributed by atoms with E-state index < -0.39 is 6.10 Å². The number of ether oxygens (including phenoxy) is 1. The molecule has 154 valence electrons. The summed E-state index contributed by atoms with van der Waals surface area (Å²) in [4.78, 5) is 22.8. The summed E-state index contributed by atoms with van der Waals surface area (Å²) in [5.74, 6) is 0.278. The van der Waals surface area contributed by atoms with E-state index >= 15 is 0 Å². The first-order valence-electron chi connectivity index (χ1n) is 10.0. The van der Waals surface area contributed by atoms with Crippen molar-refractivity contribution in [2.45, 2.75) is 32.0 Å². The van der Waals surface area contributed by atoms with Crippen LogP contribution in [-0.4, -0.2) is 70.9 Å². The van der Waals surface area contributed by atoms with Crippen molar-refractivity contribution < 1.29 is 14.6 Å². The highest BCUT2D eigenvalue weighted by Gasteiger charge is 2.21. The number of anilines is 1. The fourth-order valence-electron chi connectivity index (χ4n) is 3.77. The molecular formula is C21H27N5O3. The molecule has 3 heterocycles. The van der Waals surface area contributed by atoms with Gasteiger partial charge >= 0.3 is 0 Å². The maximum absolute atomic E-state index is 12.4. The van der Waals surface area contributed by atoms with Crippen LogP contribution in [0, 0.1) is 6.92 Å². The van der Waals surface area contributed by atoms with E-state index in [2.05, 4.69) is 50.6 Å². The number of hydrogen-bond donors (Lipinski definition) is 3. The number of aromatic nitrogens is 2. The molecule has 0 aliphatic carbocycles. The van der Waals surface area contributed by atoms with E-state index in [4.69, 9.17) is 4.74 Å². The molecule has 1 atom stereocenters. The number of amides is 1. The Hall–Kier alpha value is -2.55. The van der Waals surface area contributed by atoms with Gasteiger partial charge in [-0.1, -0.05) is 18.2 Å². The largest absolute Gasteiger partial charge is 0.390 e. The Morgan fingerprint density at radius 1 is 1.38 bits per heavy atom. The molecule has 8 nitrogen and oxygen atoms in total. The molecule has 0 saturated carbocycles. The Labute approximate surface area is 170 Å². The molecule has 1 fully saturated rings. The molecule has 1 aromatic carbocycles. The van der Waals surface area contributed by atoms with Crippen LogP contribution < -0.4 is 10.6 Å². The van der Waals surface area contributed by atoms with Gasteiger partial charge < -0.3 is 20.5 Å². The quantitative estimate of drug-likeness (QED) is 0.634. The lowest BCUT2D eigenvalue weighted by molar-refractivity contribution is 0.0209. The summed E-state index contributed by atoms with van der Waals surface area (Å²) in [6.07, 6.45) is 1.71. The highest BCUT2D eigenvalue weighted by atomic mass is 16.5. The molecule has 2 aliphatic heterocycles. The molecule has 0 bridgehead atoms. The van der Waals surface area contributed by atoms with Crippen LogP contribution in [0.4, 0.5) is 5.82 Å². The summed E-state index contributed by atoms with van der Waals surface area (Å²) in [7, 11) is 0. The van der Waals surface area contributed by atoms with Crippen LogP contribution in [0.5, 0.6) is 0 Å². The number of nitrogens with one attached hydrogen (secondary N) is 2. The molecule has 1 saturated heterocycles. The first-order chi connectivity index (χ1) is 14.1. The van der Waals surface area contributed by atoms with Crippen LogP contribution in [0.25, 0.3) is 0 Å². The van der Waals surface area contributed by atoms with Crippen molar-refractivity contribution in [3.8, 4) is 0 Å². The SMILES string of the molecule is Cc1cccc2c1CCN(C[C@@H](O)CNC(=O)c1cc(NC3COC3)ncn1)C2. The van der Waals surface area contributed by atoms with Crippen LogP contribution in [0.15, 0.2) is 30.6 Å². The average Bonchev–Trinajstić information content (AvgIpc) is 2.69. The Bertz CT molecular complexity index is 871. The van der Waals surface area contributed by atoms with E-state index in [1.807, 2.05) is 0 Å². The number of rotatable bonds is 7. The second kappa shape index (κ2) is 8.86. The van der Waals surface area contributed by atoms with Gasteiger partial charge in [0, 0.05) is 32.2 Å². The van der Waals surface area contributed by atoms with E-state index in [1.54, 1.807) is 6.07 Å². The zero-order chi connectivity index (χ0) is 20.2. The molecule has 0 radical (unpaired) electrons. The summed E-state index contributed by atoms with van der Waals surface area (Å²) in [6.45, 7) is 5.86. The number of aliphatic hydroxyl groups is 1. The molecule has 1 amide bonds. The van der Waals surface area contributed by atoms with Crippen molar-refractivity contribution in [2.24, 2.45) is 0 Å². The fraction of sp³-hybridized carbons (Fsp3) is 0.476. The van der Waals surface area contributed by atoms with Gasteiger partial charge in [0.15, 0.2) is 0 Å². The fourth-order valence-corrected chi connectivity index (χ4v) is 3.77. The average molecular weight is 397 g/mol. The Kier molecular flexibility index (Phi) is 6.03. The molecule has 8 heteroatoms. The number of carbonyl (C=O) groups excluding carboxylic acids is 1. The van der Waals surface area contributed by atoms with Gasteiger partial charge in [0.05, 0.1) is 25.4 Å². The van der Waals surface area contributed by atoms with Crippen molar-refractivity contribution in [1.29, 1.82) is 0 Å². The van der Waals surface area contributed by atoms with Crippen molar-refractivity contribution >= 4 is 11.7 Å². The van der Waals surface area contributed by atoms with Crippen LogP contribution in [0.1, 0.15) is 27.2 Å². The van der Waals surface area contributed by atoms with Crippen molar-refractivity contribution in [2.75, 3.05) is 38.2 Å². The lowest BCUT2D eigenvalue weighted by Crippen LogP contribution is -2.42. The van der Waals surface area contributed by atoms with Crippen molar-refractivity contribution in [3.05, 3.63) is 53.0 Å². The van der Waals surface area contributed by atoms with E-state index in [9.17, 15) is 9.90 Å². The Morgan fingerprint density at radius 3 is 3.03 bits per heavy atom. The summed E-state index contributed by atoms with van der Waals surface area (Å²) in [6, 6.07) is 8.22. The van der Waals surface area contributed by atoms with Crippen LogP contribution in [-0.2, 0) is 17.7 Å². The summed E-state index contributed by atoms with van der Waals surface area (Å²) in [5.41, 5.74) is 4.36. The van der Waals surface area contributed by atoms with Gasteiger partial charge in [-0.3, -0.25) is 9.69 Å². The predicted molar refractivity (Wildman–Crippen MR) is 109 cm³/mol. The normalized spacial score (nSPS) is 17.9. The van der Waals surface area contributed by atoms with Crippen molar-refractivity contribution in [3.63, 3.8) is 0 Å². The van der Waals surface area contributed by atoms with Gasteiger partial charge in [0.1, 0.15) is 17.8 Å². The van der Waals surface area contributed by atoms with E-state index in [-0.39, 0.29) is 24.2 Å². The minimum Gasteiger partial charge on any atom is -0.390 e. The second-order valence-corrected chi connectivity index (χ2v) is 7.73. The van der Waals surface area contributed by atoms with E-state index in [0.29, 0.717) is 25.6 Å². The second-order valence-electron chi connectivity index (χ2n) is 7.73. The molecule has 3 N–H and O–H groups in total. The third-order valence-corrected chi connectivity index (χ3v) is 5.44. The van der Waals surface area contributed by atoms with Crippen LogP contribution >= 0.6 is 0 Å². The minimum absolute atomic E-state index is 0.180. The molecule has 2 aromatic rings. The van der Waals surface area contributed by atoms with Gasteiger partial charge in [-0.05, 0) is 30.0 Å². The minimum atomic E-state index is -0.642. The number of hydrogen-bond acceptors (Lipinski definition) is 7. The van der Waals surface area contributed by atoms with Gasteiger partial charge in [0.25, 0.3) is 5.91 Å². The maximum Gasteiger partial charge on any atom is 0.270 e. The molecule has 29 heavy (non-hydrogen) atoms. The van der Waals surface area contributed by atoms with Gasteiger partial charge in [-0.15, -0.1) is 0 Å². The topological polar surface area (TPSA) is 99.6 Å². The first-order valence-corrected chi connectivity index (χ1v) is 10.0. The van der Waals surface area contributed by atoms with E-state index in [0.717, 1.165) is 19.5 Å². The smallest absolute Gasteiger partial charge is 0.270 e. The first kappa shape index (κ1) is 19.8. The highest BCUT2D eigenvalue weighted by molar-refractivity contribution is 5.92. The Morgan fingerprint density at radius 2 is 2.24 bits per heavy atom. The zero-order valence-electron chi connectivity index (χ0n) is 16.6. The number of carbonyl (C=O) groups is 1. The van der Waals surface area contributed by atoms with Gasteiger partial charge in [-0.2, -0.15) is 0 Å². The number of aliphatic hydroxyl groups excluding tert-OH is 1. The monoisotopic (exact) mass is 397 g/mol. The number of aryl methyl sites for hydroxylation is 1.